The predicted molar refractivity (Wildman–Crippen MR) is 91.6 cm³/mol. The first-order valence-corrected chi connectivity index (χ1v) is 7.31. The van der Waals surface area contributed by atoms with Gasteiger partial charge >= 0.3 is 0 Å². The molecule has 0 saturated heterocycles. The number of amides is 1. The normalized spacial score (nSPS) is 10.7. The predicted octanol–water partition coefficient (Wildman–Crippen LogP) is 3.52. The van der Waals surface area contributed by atoms with E-state index in [1.807, 2.05) is 38.1 Å². The number of carbonyl (C=O) groups excluding carboxylic acids is 1. The minimum atomic E-state index is -0.210. The van der Waals surface area contributed by atoms with Crippen LogP contribution in [-0.2, 0) is 4.79 Å². The molecule has 5 heteroatoms. The van der Waals surface area contributed by atoms with Crippen LogP contribution in [0.1, 0.15) is 16.7 Å². The second kappa shape index (κ2) is 7.61. The Morgan fingerprint density at radius 1 is 1.23 bits per heavy atom. The summed E-state index contributed by atoms with van der Waals surface area (Å²) in [7, 11) is 0. The number of halogens is 1. The van der Waals surface area contributed by atoms with E-state index in [9.17, 15) is 4.79 Å². The van der Waals surface area contributed by atoms with Gasteiger partial charge < -0.3 is 5.32 Å². The van der Waals surface area contributed by atoms with Gasteiger partial charge in [0.1, 0.15) is 0 Å². The van der Waals surface area contributed by atoms with E-state index in [0.717, 1.165) is 16.8 Å². The van der Waals surface area contributed by atoms with Crippen molar-refractivity contribution in [2.24, 2.45) is 5.10 Å². The number of benzene rings is 2. The Balaban J connectivity index is 1.83. The molecule has 0 bridgehead atoms. The van der Waals surface area contributed by atoms with Crippen LogP contribution in [0.3, 0.4) is 0 Å². The Hall–Kier alpha value is -2.33. The zero-order valence-electron chi connectivity index (χ0n) is 12.6. The van der Waals surface area contributed by atoms with Crippen molar-refractivity contribution in [1.82, 2.24) is 5.43 Å². The zero-order chi connectivity index (χ0) is 15.9. The van der Waals surface area contributed by atoms with Gasteiger partial charge in [-0.15, -0.1) is 0 Å². The topological polar surface area (TPSA) is 53.5 Å². The van der Waals surface area contributed by atoms with Gasteiger partial charge in [0.2, 0.25) is 0 Å². The number of aryl methyl sites for hydroxylation is 2. The lowest BCUT2D eigenvalue weighted by Crippen LogP contribution is -2.26. The summed E-state index contributed by atoms with van der Waals surface area (Å²) in [6.07, 6.45) is 1.56. The molecular weight excluding hydrogens is 298 g/mol. The highest BCUT2D eigenvalue weighted by atomic mass is 35.5. The SMILES string of the molecule is Cc1ccc(NCC(=O)NN=Cc2cccc(Cl)c2)c(C)c1. The van der Waals surface area contributed by atoms with E-state index in [2.05, 4.69) is 21.9 Å². The molecule has 0 aliphatic carbocycles. The molecule has 0 radical (unpaired) electrons. The maximum Gasteiger partial charge on any atom is 0.259 e. The van der Waals surface area contributed by atoms with E-state index in [1.54, 1.807) is 18.3 Å². The van der Waals surface area contributed by atoms with Crippen molar-refractivity contribution < 1.29 is 4.79 Å². The number of hydrogen-bond donors (Lipinski definition) is 2. The minimum Gasteiger partial charge on any atom is -0.376 e. The Kier molecular flexibility index (Phi) is 5.55. The van der Waals surface area contributed by atoms with E-state index in [0.29, 0.717) is 5.02 Å². The van der Waals surface area contributed by atoms with E-state index >= 15 is 0 Å². The Morgan fingerprint density at radius 2 is 2.05 bits per heavy atom. The average molecular weight is 316 g/mol. The number of anilines is 1. The molecule has 2 aromatic carbocycles. The lowest BCUT2D eigenvalue weighted by atomic mass is 10.1. The fourth-order valence-corrected chi connectivity index (χ4v) is 2.19. The maximum atomic E-state index is 11.7. The number of rotatable bonds is 5. The molecule has 2 N–H and O–H groups in total. The van der Waals surface area contributed by atoms with Gasteiger partial charge in [0.05, 0.1) is 12.8 Å². The quantitative estimate of drug-likeness (QED) is 0.655. The summed E-state index contributed by atoms with van der Waals surface area (Å²) >= 11 is 5.87. The van der Waals surface area contributed by atoms with Crippen LogP contribution in [-0.4, -0.2) is 18.7 Å². The van der Waals surface area contributed by atoms with Crippen LogP contribution in [0.25, 0.3) is 0 Å². The van der Waals surface area contributed by atoms with Crippen LogP contribution in [0.4, 0.5) is 5.69 Å². The first-order chi connectivity index (χ1) is 10.5. The summed E-state index contributed by atoms with van der Waals surface area (Å²) in [5.41, 5.74) is 6.55. The lowest BCUT2D eigenvalue weighted by Gasteiger charge is -2.09. The third-order valence-electron chi connectivity index (χ3n) is 3.07. The molecule has 0 unspecified atom stereocenters. The average Bonchev–Trinajstić information content (AvgIpc) is 2.46. The smallest absolute Gasteiger partial charge is 0.259 e. The monoisotopic (exact) mass is 315 g/mol. The van der Waals surface area contributed by atoms with Crippen molar-refractivity contribution in [2.75, 3.05) is 11.9 Å². The van der Waals surface area contributed by atoms with Crippen LogP contribution in [0.5, 0.6) is 0 Å². The first-order valence-electron chi connectivity index (χ1n) is 6.93. The summed E-state index contributed by atoms with van der Waals surface area (Å²) in [6, 6.07) is 13.3. The summed E-state index contributed by atoms with van der Waals surface area (Å²) in [5.74, 6) is -0.210. The zero-order valence-corrected chi connectivity index (χ0v) is 13.3. The Bertz CT molecular complexity index is 698. The summed E-state index contributed by atoms with van der Waals surface area (Å²) in [5, 5.41) is 7.63. The van der Waals surface area contributed by atoms with Crippen LogP contribution >= 0.6 is 11.6 Å². The molecule has 2 rings (SSSR count). The molecule has 0 aliphatic rings. The van der Waals surface area contributed by atoms with E-state index in [1.165, 1.54) is 5.56 Å². The standard InChI is InChI=1S/C17H18ClN3O/c1-12-6-7-16(13(2)8-12)19-11-17(22)21-20-10-14-4-3-5-15(18)9-14/h3-10,19H,11H2,1-2H3,(H,21,22). The molecule has 22 heavy (non-hydrogen) atoms. The van der Waals surface area contributed by atoms with Gasteiger partial charge in [-0.05, 0) is 43.2 Å². The van der Waals surface area contributed by atoms with Crippen molar-refractivity contribution in [3.05, 3.63) is 64.2 Å². The molecule has 2 aromatic rings. The van der Waals surface area contributed by atoms with Gasteiger partial charge in [-0.3, -0.25) is 4.79 Å². The number of nitrogens with one attached hydrogen (secondary N) is 2. The Labute approximate surface area is 135 Å². The highest BCUT2D eigenvalue weighted by Gasteiger charge is 2.02. The number of hydrazone groups is 1. The highest BCUT2D eigenvalue weighted by molar-refractivity contribution is 6.30. The molecule has 114 valence electrons. The van der Waals surface area contributed by atoms with E-state index in [4.69, 9.17) is 11.6 Å². The molecule has 4 nitrogen and oxygen atoms in total. The van der Waals surface area contributed by atoms with Gasteiger partial charge in [0.15, 0.2) is 0 Å². The summed E-state index contributed by atoms with van der Waals surface area (Å²) < 4.78 is 0. The number of nitrogens with zero attached hydrogens (tertiary/aromatic N) is 1. The molecule has 0 spiro atoms. The molecular formula is C17H18ClN3O. The largest absolute Gasteiger partial charge is 0.376 e. The number of carbonyl (C=O) groups is 1. The second-order valence-electron chi connectivity index (χ2n) is 5.02. The fourth-order valence-electron chi connectivity index (χ4n) is 1.99. The summed E-state index contributed by atoms with van der Waals surface area (Å²) in [6.45, 7) is 4.20. The lowest BCUT2D eigenvalue weighted by molar-refractivity contribution is -0.119. The molecule has 0 atom stereocenters. The first kappa shape index (κ1) is 16.0. The molecule has 1 amide bonds. The van der Waals surface area contributed by atoms with Gasteiger partial charge in [-0.25, -0.2) is 5.43 Å². The third-order valence-corrected chi connectivity index (χ3v) is 3.31. The second-order valence-corrected chi connectivity index (χ2v) is 5.46. The molecule has 0 saturated carbocycles. The van der Waals surface area contributed by atoms with Crippen LogP contribution in [0, 0.1) is 13.8 Å². The molecule has 0 aromatic heterocycles. The van der Waals surface area contributed by atoms with Crippen molar-refractivity contribution in [3.63, 3.8) is 0 Å². The number of hydrogen-bond acceptors (Lipinski definition) is 3. The van der Waals surface area contributed by atoms with Gasteiger partial charge in [0, 0.05) is 10.7 Å². The molecule has 0 fully saturated rings. The Morgan fingerprint density at radius 3 is 2.77 bits per heavy atom. The van der Waals surface area contributed by atoms with Gasteiger partial charge in [-0.1, -0.05) is 41.4 Å². The van der Waals surface area contributed by atoms with E-state index in [-0.39, 0.29) is 12.5 Å². The minimum absolute atomic E-state index is 0.163. The van der Waals surface area contributed by atoms with E-state index < -0.39 is 0 Å². The van der Waals surface area contributed by atoms with Crippen LogP contribution in [0.2, 0.25) is 5.02 Å². The summed E-state index contributed by atoms with van der Waals surface area (Å²) in [4.78, 5) is 11.7. The molecule has 0 heterocycles. The van der Waals surface area contributed by atoms with Gasteiger partial charge in [-0.2, -0.15) is 5.10 Å². The maximum absolute atomic E-state index is 11.7. The van der Waals surface area contributed by atoms with Crippen LogP contribution < -0.4 is 10.7 Å². The fraction of sp³-hybridized carbons (Fsp3) is 0.176. The third kappa shape index (κ3) is 4.90. The molecule has 0 aliphatic heterocycles. The van der Waals surface area contributed by atoms with Gasteiger partial charge in [0.25, 0.3) is 5.91 Å². The van der Waals surface area contributed by atoms with Crippen LogP contribution in [0.15, 0.2) is 47.6 Å². The van der Waals surface area contributed by atoms with Crippen molar-refractivity contribution >= 4 is 29.4 Å². The van der Waals surface area contributed by atoms with Crippen molar-refractivity contribution in [1.29, 1.82) is 0 Å². The van der Waals surface area contributed by atoms with Crippen molar-refractivity contribution in [2.45, 2.75) is 13.8 Å². The highest BCUT2D eigenvalue weighted by Crippen LogP contribution is 2.15. The van der Waals surface area contributed by atoms with Crippen molar-refractivity contribution in [3.8, 4) is 0 Å².